The first-order chi connectivity index (χ1) is 31.1. The molecule has 8 rings (SSSR count). The van der Waals surface area contributed by atoms with Crippen LogP contribution in [-0.2, 0) is 9.47 Å². The van der Waals surface area contributed by atoms with E-state index < -0.39 is 11.9 Å². The van der Waals surface area contributed by atoms with Crippen LogP contribution in [0.25, 0.3) is 76.0 Å². The van der Waals surface area contributed by atoms with E-state index in [0.717, 1.165) is 35.8 Å². The number of aliphatic hydroxyl groups is 2. The number of aliphatic hydroxyl groups excluding tert-OH is 2. The fourth-order valence-corrected chi connectivity index (χ4v) is 8.40. The Labute approximate surface area is 368 Å². The van der Waals surface area contributed by atoms with Crippen molar-refractivity contribution in [3.05, 3.63) is 59.9 Å². The molecular formula is C48H52N2O14. The summed E-state index contributed by atoms with van der Waals surface area (Å²) < 4.78 is 57.9. The Bertz CT molecular complexity index is 2850. The first-order valence-corrected chi connectivity index (χ1v) is 20.0. The van der Waals surface area contributed by atoms with Crippen LogP contribution in [0.2, 0.25) is 0 Å². The maximum absolute atomic E-state index is 14.2. The third-order valence-corrected chi connectivity index (χ3v) is 11.0. The van der Waals surface area contributed by atoms with E-state index in [0.29, 0.717) is 100 Å². The van der Waals surface area contributed by atoms with Gasteiger partial charge in [0.25, 0.3) is 0 Å². The molecule has 0 saturated heterocycles. The van der Waals surface area contributed by atoms with Crippen LogP contribution in [0.15, 0.2) is 48.5 Å². The fraction of sp³-hybridized carbons (Fsp3) is 0.292. The maximum Gasteiger partial charge on any atom is 0.355 e. The highest BCUT2D eigenvalue weighted by molar-refractivity contribution is 6.36. The summed E-state index contributed by atoms with van der Waals surface area (Å²) >= 11 is 0. The van der Waals surface area contributed by atoms with Crippen LogP contribution >= 0.6 is 0 Å². The number of methoxy groups -OCH3 is 8. The van der Waals surface area contributed by atoms with Crippen molar-refractivity contribution < 1.29 is 67.2 Å². The second kappa shape index (κ2) is 19.4. The molecule has 0 spiro atoms. The van der Waals surface area contributed by atoms with Gasteiger partial charge in [0.15, 0.2) is 46.0 Å². The normalized spacial score (nSPS) is 10.9. The van der Waals surface area contributed by atoms with Crippen molar-refractivity contribution in [1.82, 2.24) is 9.97 Å². The Balaban J connectivity index is 0.00000165. The summed E-state index contributed by atoms with van der Waals surface area (Å²) in [5.41, 5.74) is 1.29. The van der Waals surface area contributed by atoms with Crippen LogP contribution in [-0.4, -0.2) is 116 Å². The number of hydrogen-bond donors (Lipinski definition) is 4. The van der Waals surface area contributed by atoms with Crippen LogP contribution in [0.3, 0.4) is 0 Å². The van der Waals surface area contributed by atoms with Crippen molar-refractivity contribution in [3.8, 4) is 57.4 Å². The van der Waals surface area contributed by atoms with Crippen LogP contribution < -0.4 is 37.9 Å². The second-order valence-electron chi connectivity index (χ2n) is 13.7. The predicted octanol–water partition coefficient (Wildman–Crippen LogP) is 8.57. The van der Waals surface area contributed by atoms with Crippen LogP contribution in [0, 0.1) is 0 Å². The SMILES string of the molecule is CCOC(=O)c1[nH]c(-c2[nH]c(C(=O)OCC)c3c4cc(OC)c(OC)cc4c4cc(OC)c(OC)cc4c23)c2c3cc(OC)c(OC)cc3c3cc(OC)c(OC)cc3c12.CO.CO. The van der Waals surface area contributed by atoms with E-state index in [4.69, 9.17) is 57.6 Å². The zero-order valence-electron chi connectivity index (χ0n) is 37.8. The average molecular weight is 881 g/mol. The zero-order chi connectivity index (χ0) is 46.6. The molecule has 0 aliphatic heterocycles. The Morgan fingerprint density at radius 2 is 0.578 bits per heavy atom. The molecule has 6 aromatic carbocycles. The van der Waals surface area contributed by atoms with Crippen molar-refractivity contribution in [3.63, 3.8) is 0 Å². The van der Waals surface area contributed by atoms with Gasteiger partial charge in [-0.2, -0.15) is 0 Å². The summed E-state index contributed by atoms with van der Waals surface area (Å²) in [5.74, 6) is 2.55. The van der Waals surface area contributed by atoms with Gasteiger partial charge >= 0.3 is 11.9 Å². The minimum atomic E-state index is -0.593. The number of rotatable bonds is 13. The van der Waals surface area contributed by atoms with E-state index >= 15 is 0 Å². The lowest BCUT2D eigenvalue weighted by Crippen LogP contribution is -2.06. The lowest BCUT2D eigenvalue weighted by atomic mass is 9.91. The molecule has 8 aromatic rings. The van der Waals surface area contributed by atoms with Crippen LogP contribution in [0.5, 0.6) is 46.0 Å². The molecule has 0 saturated carbocycles. The van der Waals surface area contributed by atoms with E-state index in [2.05, 4.69) is 9.97 Å². The molecule has 0 aliphatic rings. The van der Waals surface area contributed by atoms with Gasteiger partial charge < -0.3 is 67.5 Å². The van der Waals surface area contributed by atoms with Gasteiger partial charge in [-0.3, -0.25) is 0 Å². The number of fused-ring (bicyclic) bond motifs is 12. The van der Waals surface area contributed by atoms with Gasteiger partial charge in [-0.25, -0.2) is 9.59 Å². The molecule has 0 atom stereocenters. The largest absolute Gasteiger partial charge is 0.493 e. The van der Waals surface area contributed by atoms with E-state index in [1.807, 2.05) is 48.5 Å². The highest BCUT2D eigenvalue weighted by Gasteiger charge is 2.31. The standard InChI is InChI=1S/C46H44N2O12.2CH4O/c1-11-59-45(49)43-39-27-19-35(57-9)31(53-5)15-23(27)21-13-29(51-3)33(55-7)17-25(21)37(39)41(47-43)42-38-26-18-34(56-8)30(52-4)14-22(26)24-16-32(54-6)36(58-10)20-28(24)40(38)44(48-42)46(50)60-12-2;2*1-2/h13-20,47-48H,11-12H2,1-10H3;2*2H,1H3. The molecule has 64 heavy (non-hydrogen) atoms. The number of ether oxygens (including phenoxy) is 10. The zero-order valence-corrected chi connectivity index (χ0v) is 37.8. The molecule has 16 nitrogen and oxygen atoms in total. The Hall–Kier alpha value is -7.30. The molecule has 0 radical (unpaired) electrons. The summed E-state index contributed by atoms with van der Waals surface area (Å²) in [4.78, 5) is 35.4. The smallest absolute Gasteiger partial charge is 0.355 e. The number of carbonyl (C=O) groups excluding carboxylic acids is 2. The fourth-order valence-electron chi connectivity index (χ4n) is 8.40. The lowest BCUT2D eigenvalue weighted by Gasteiger charge is -2.17. The van der Waals surface area contributed by atoms with Gasteiger partial charge in [0, 0.05) is 35.8 Å². The second-order valence-corrected chi connectivity index (χ2v) is 13.7. The van der Waals surface area contributed by atoms with Crippen molar-refractivity contribution in [2.75, 3.05) is 84.3 Å². The third kappa shape index (κ3) is 7.33. The molecule has 16 heteroatoms. The van der Waals surface area contributed by atoms with E-state index in [1.54, 1.807) is 70.7 Å². The Morgan fingerprint density at radius 1 is 0.375 bits per heavy atom. The lowest BCUT2D eigenvalue weighted by molar-refractivity contribution is 0.0513. The number of esters is 2. The molecule has 338 valence electrons. The van der Waals surface area contributed by atoms with Crippen molar-refractivity contribution >= 4 is 76.6 Å². The van der Waals surface area contributed by atoms with Crippen molar-refractivity contribution in [1.29, 1.82) is 0 Å². The molecule has 0 fully saturated rings. The third-order valence-electron chi connectivity index (χ3n) is 11.0. The van der Waals surface area contributed by atoms with Gasteiger partial charge in [0.05, 0.1) is 81.5 Å². The molecule has 0 unspecified atom stereocenters. The monoisotopic (exact) mass is 880 g/mol. The summed E-state index contributed by atoms with van der Waals surface area (Å²) in [6.45, 7) is 3.72. The van der Waals surface area contributed by atoms with E-state index in [-0.39, 0.29) is 24.6 Å². The minimum Gasteiger partial charge on any atom is -0.493 e. The number of aromatic nitrogens is 2. The summed E-state index contributed by atoms with van der Waals surface area (Å²) in [6, 6.07) is 14.9. The summed E-state index contributed by atoms with van der Waals surface area (Å²) in [5, 5.41) is 22.0. The number of hydrogen-bond acceptors (Lipinski definition) is 14. The molecule has 0 aliphatic carbocycles. The summed E-state index contributed by atoms with van der Waals surface area (Å²) in [6.07, 6.45) is 0. The minimum absolute atomic E-state index is 0.115. The van der Waals surface area contributed by atoms with Gasteiger partial charge in [-0.05, 0) is 105 Å². The van der Waals surface area contributed by atoms with Gasteiger partial charge in [0.1, 0.15) is 11.4 Å². The summed E-state index contributed by atoms with van der Waals surface area (Å²) in [7, 11) is 14.5. The average Bonchev–Trinajstić information content (AvgIpc) is 3.94. The van der Waals surface area contributed by atoms with Crippen LogP contribution in [0.4, 0.5) is 0 Å². The van der Waals surface area contributed by atoms with E-state index in [9.17, 15) is 9.59 Å². The van der Waals surface area contributed by atoms with E-state index in [1.165, 1.54) is 0 Å². The van der Waals surface area contributed by atoms with Gasteiger partial charge in [0.2, 0.25) is 0 Å². The number of benzene rings is 6. The first-order valence-electron chi connectivity index (χ1n) is 20.0. The molecule has 0 amide bonds. The first kappa shape index (κ1) is 46.2. The highest BCUT2D eigenvalue weighted by atomic mass is 16.5. The van der Waals surface area contributed by atoms with Crippen molar-refractivity contribution in [2.24, 2.45) is 0 Å². The number of nitrogens with one attached hydrogen (secondary N) is 2. The predicted molar refractivity (Wildman–Crippen MR) is 246 cm³/mol. The topological polar surface area (TPSA) is 198 Å². The van der Waals surface area contributed by atoms with Crippen LogP contribution in [0.1, 0.15) is 34.8 Å². The number of H-pyrrole nitrogens is 2. The quantitative estimate of drug-likeness (QED) is 0.0634. The molecule has 4 N–H and O–H groups in total. The number of aromatic amines is 2. The maximum atomic E-state index is 14.2. The number of carbonyl (C=O) groups is 2. The van der Waals surface area contributed by atoms with Gasteiger partial charge in [-0.15, -0.1) is 0 Å². The molecular weight excluding hydrogens is 829 g/mol. The highest BCUT2D eigenvalue weighted by Crippen LogP contribution is 2.52. The molecule has 0 bridgehead atoms. The van der Waals surface area contributed by atoms with Gasteiger partial charge in [-0.1, -0.05) is 0 Å². The molecule has 2 heterocycles. The Kier molecular flexibility index (Phi) is 14.0. The molecule has 2 aromatic heterocycles. The Morgan fingerprint density at radius 3 is 0.781 bits per heavy atom. The van der Waals surface area contributed by atoms with Crippen molar-refractivity contribution in [2.45, 2.75) is 13.8 Å².